The first-order valence-corrected chi connectivity index (χ1v) is 23.0. The average Bonchev–Trinajstić information content (AvgIpc) is 3.67. The van der Waals surface area contributed by atoms with Gasteiger partial charge in [0.2, 0.25) is 0 Å². The van der Waals surface area contributed by atoms with Crippen molar-refractivity contribution in [1.29, 1.82) is 0 Å². The summed E-state index contributed by atoms with van der Waals surface area (Å²) < 4.78 is 27.3. The van der Waals surface area contributed by atoms with Crippen LogP contribution in [-0.4, -0.2) is 64.4 Å². The minimum absolute atomic E-state index is 0.00738. The fourth-order valence-electron chi connectivity index (χ4n) is 13.1. The lowest BCUT2D eigenvalue weighted by Gasteiger charge is -2.64. The van der Waals surface area contributed by atoms with Gasteiger partial charge in [0, 0.05) is 46.4 Å². The van der Waals surface area contributed by atoms with Gasteiger partial charge >= 0.3 is 0 Å². The highest BCUT2D eigenvalue weighted by molar-refractivity contribution is 5.47. The zero-order chi connectivity index (χ0) is 43.4. The maximum atomic E-state index is 9.14. The van der Waals surface area contributed by atoms with Crippen LogP contribution in [0.15, 0.2) is 106 Å². The summed E-state index contributed by atoms with van der Waals surface area (Å²) in [6.45, 7) is 10.2. The Morgan fingerprint density at radius 2 is 1.21 bits per heavy atom. The zero-order valence-electron chi connectivity index (χ0n) is 36.8. The molecule has 4 aliphatic rings. The molecule has 62 heavy (non-hydrogen) atoms. The van der Waals surface area contributed by atoms with Crippen LogP contribution in [0.4, 0.5) is 0 Å². The fraction of sp³-hybridized carbons (Fsp3) is 0.633. The van der Waals surface area contributed by atoms with E-state index in [1.54, 1.807) is 0 Å². The second-order valence-electron chi connectivity index (χ2n) is 18.7. The molecule has 3 aromatic carbocycles. The Kier molecular flexibility index (Phi) is 15.5. The van der Waals surface area contributed by atoms with E-state index in [0.29, 0.717) is 81.6 Å². The summed E-state index contributed by atoms with van der Waals surface area (Å²) >= 11 is 0. The molecule has 3 aromatic rings. The molecule has 0 N–H and O–H groups in total. The maximum Gasteiger partial charge on any atom is 0.143 e. The highest BCUT2D eigenvalue weighted by Gasteiger charge is 2.66. The topological polar surface area (TPSA) is 183 Å². The summed E-state index contributed by atoms with van der Waals surface area (Å²) in [5.74, 6) is 2.34. The standard InChI is InChI=1S/C49H65N9O4/c1-35(14-13-28-62-49(36-15-7-4-8-16-36,37-17-9-5-10-18-37)38-19-11-6-12-20-38)41-21-22-42-46-43(34-45(48(41,42)3)61-31-27-55-58-52)47(2)24-23-40(59-29-25-53-56-50)32-39(47)33-44(46)60-30-26-54-57-51/h4-12,15-20,35,39-46H,13-14,21-34H2,1-3H3. The molecule has 13 nitrogen and oxygen atoms in total. The first-order chi connectivity index (χ1) is 30.3. The molecule has 0 amide bonds. The summed E-state index contributed by atoms with van der Waals surface area (Å²) in [5, 5.41) is 11.4. The zero-order valence-corrected chi connectivity index (χ0v) is 36.8. The third-order valence-electron chi connectivity index (χ3n) is 15.9. The third kappa shape index (κ3) is 9.36. The lowest BCUT2D eigenvalue weighted by atomic mass is 9.43. The first kappa shape index (κ1) is 45.5. The molecule has 13 heteroatoms. The third-order valence-corrected chi connectivity index (χ3v) is 15.9. The molecule has 330 valence electrons. The normalized spacial score (nSPS) is 30.6. The number of rotatable bonds is 21. The SMILES string of the molecule is CC(CCCOC(c1ccccc1)(c1ccccc1)c1ccccc1)C1CCC2C3C(OCCN=[N+]=[N-])CC4CC(OCCN=[N+]=[N-])CCC4(C)C3CC(OCCN=[N+]=[N-])C12C. The maximum absolute atomic E-state index is 9.14. The Morgan fingerprint density at radius 3 is 1.77 bits per heavy atom. The molecule has 7 rings (SSSR count). The molecule has 0 radical (unpaired) electrons. The number of benzene rings is 3. The number of hydrogen-bond acceptors (Lipinski definition) is 7. The van der Waals surface area contributed by atoms with E-state index in [0.717, 1.165) is 74.5 Å². The van der Waals surface area contributed by atoms with Crippen molar-refractivity contribution in [2.75, 3.05) is 46.1 Å². The monoisotopic (exact) mass is 844 g/mol. The van der Waals surface area contributed by atoms with Crippen LogP contribution in [-0.2, 0) is 24.5 Å². The minimum Gasteiger partial charge on any atom is -0.378 e. The molecule has 11 unspecified atom stereocenters. The lowest BCUT2D eigenvalue weighted by Crippen LogP contribution is -2.63. The molecule has 0 bridgehead atoms. The summed E-state index contributed by atoms with van der Waals surface area (Å²) in [5.41, 5.74) is 29.5. The van der Waals surface area contributed by atoms with E-state index in [9.17, 15) is 0 Å². The van der Waals surface area contributed by atoms with Gasteiger partial charge in [-0.25, -0.2) is 0 Å². The van der Waals surface area contributed by atoms with E-state index in [1.807, 2.05) is 0 Å². The molecule has 0 saturated heterocycles. The molecule has 11 atom stereocenters. The molecule has 4 fully saturated rings. The second-order valence-corrected chi connectivity index (χ2v) is 18.7. The Balaban J connectivity index is 1.13. The average molecular weight is 844 g/mol. The quantitative estimate of drug-likeness (QED) is 0.0340. The fourth-order valence-corrected chi connectivity index (χ4v) is 13.1. The van der Waals surface area contributed by atoms with Crippen LogP contribution >= 0.6 is 0 Å². The van der Waals surface area contributed by atoms with Crippen molar-refractivity contribution < 1.29 is 18.9 Å². The number of ether oxygens (including phenoxy) is 4. The molecule has 0 aromatic heterocycles. The van der Waals surface area contributed by atoms with Crippen molar-refractivity contribution in [2.45, 2.75) is 102 Å². The number of fused-ring (bicyclic) bond motifs is 5. The number of azide groups is 3. The lowest BCUT2D eigenvalue weighted by molar-refractivity contribution is -0.226. The van der Waals surface area contributed by atoms with Crippen LogP contribution in [0.2, 0.25) is 0 Å². The molecule has 4 aliphatic carbocycles. The molecule has 0 spiro atoms. The van der Waals surface area contributed by atoms with Gasteiger partial charge in [0.05, 0.1) is 38.1 Å². The molecule has 0 aliphatic heterocycles. The van der Waals surface area contributed by atoms with E-state index in [1.165, 1.54) is 0 Å². The van der Waals surface area contributed by atoms with Crippen molar-refractivity contribution in [3.63, 3.8) is 0 Å². The van der Waals surface area contributed by atoms with Crippen LogP contribution in [0.25, 0.3) is 31.3 Å². The summed E-state index contributed by atoms with van der Waals surface area (Å²) in [4.78, 5) is 8.93. The van der Waals surface area contributed by atoms with Crippen LogP contribution in [0, 0.1) is 46.3 Å². The molecule has 0 heterocycles. The van der Waals surface area contributed by atoms with E-state index in [4.69, 9.17) is 35.5 Å². The van der Waals surface area contributed by atoms with Gasteiger partial charge in [-0.05, 0) is 132 Å². The van der Waals surface area contributed by atoms with Gasteiger partial charge in [-0.15, -0.1) is 0 Å². The van der Waals surface area contributed by atoms with Crippen molar-refractivity contribution >= 4 is 0 Å². The number of hydrogen-bond donors (Lipinski definition) is 0. The van der Waals surface area contributed by atoms with E-state index in [-0.39, 0.29) is 29.1 Å². The predicted octanol–water partition coefficient (Wildman–Crippen LogP) is 12.4. The Labute approximate surface area is 367 Å². The van der Waals surface area contributed by atoms with Crippen LogP contribution in [0.1, 0.15) is 95.2 Å². The Morgan fingerprint density at radius 1 is 0.661 bits per heavy atom. The van der Waals surface area contributed by atoms with Gasteiger partial charge in [0.15, 0.2) is 0 Å². The summed E-state index contributed by atoms with van der Waals surface area (Å²) in [6.07, 6.45) is 9.18. The number of nitrogens with zero attached hydrogens (tertiary/aromatic N) is 9. The Hall–Kier alpha value is -4.57. The van der Waals surface area contributed by atoms with Gasteiger partial charge < -0.3 is 18.9 Å². The first-order valence-electron chi connectivity index (χ1n) is 23.0. The summed E-state index contributed by atoms with van der Waals surface area (Å²) in [6, 6.07) is 31.8. The molecular formula is C49H65N9O4. The molecule has 4 saturated carbocycles. The Bertz CT molecular complexity index is 1930. The van der Waals surface area contributed by atoms with Gasteiger partial charge in [0.1, 0.15) is 5.60 Å². The predicted molar refractivity (Wildman–Crippen MR) is 241 cm³/mol. The van der Waals surface area contributed by atoms with Crippen molar-refractivity contribution in [3.8, 4) is 0 Å². The largest absolute Gasteiger partial charge is 0.378 e. The second kappa shape index (κ2) is 21.2. The van der Waals surface area contributed by atoms with Gasteiger partial charge in [-0.3, -0.25) is 0 Å². The minimum atomic E-state index is -0.750. The highest BCUT2D eigenvalue weighted by atomic mass is 16.5. The van der Waals surface area contributed by atoms with Crippen LogP contribution in [0.3, 0.4) is 0 Å². The van der Waals surface area contributed by atoms with Crippen molar-refractivity contribution in [3.05, 3.63) is 139 Å². The van der Waals surface area contributed by atoms with E-state index >= 15 is 0 Å². The van der Waals surface area contributed by atoms with E-state index < -0.39 is 5.60 Å². The van der Waals surface area contributed by atoms with Gasteiger partial charge in [0.25, 0.3) is 0 Å². The van der Waals surface area contributed by atoms with Crippen molar-refractivity contribution in [1.82, 2.24) is 0 Å². The molecular weight excluding hydrogens is 779 g/mol. The van der Waals surface area contributed by atoms with Gasteiger partial charge in [-0.2, -0.15) is 0 Å². The summed E-state index contributed by atoms with van der Waals surface area (Å²) in [7, 11) is 0. The highest BCUT2D eigenvalue weighted by Crippen LogP contribution is 2.69. The smallest absolute Gasteiger partial charge is 0.143 e. The van der Waals surface area contributed by atoms with E-state index in [2.05, 4.69) is 142 Å². The van der Waals surface area contributed by atoms with Crippen molar-refractivity contribution in [2.24, 2.45) is 61.7 Å². The van der Waals surface area contributed by atoms with Gasteiger partial charge in [-0.1, -0.05) is 127 Å². The van der Waals surface area contributed by atoms with Crippen LogP contribution < -0.4 is 0 Å². The van der Waals surface area contributed by atoms with Crippen LogP contribution in [0.5, 0.6) is 0 Å².